The summed E-state index contributed by atoms with van der Waals surface area (Å²) in [4.78, 5) is 17.7. The van der Waals surface area contributed by atoms with Crippen LogP contribution in [0.4, 0.5) is 0 Å². The average molecular weight is 556 g/mol. The molecule has 0 aliphatic rings. The SMILES string of the molecule is [Au+3].[N-]=[N+]=[N-].[N-]=[N+]=[N-].[N-]=[N+]=[N-].c1ccc(-c2cccc(-c3ccccn3)n2)nc1. The van der Waals surface area contributed by atoms with Crippen LogP contribution >= 0.6 is 0 Å². The Morgan fingerprint density at radius 2 is 0.821 bits per heavy atom. The first-order valence-corrected chi connectivity index (χ1v) is 6.93. The first-order chi connectivity index (χ1) is 13.2. The topological polar surface area (TPSA) is 215 Å². The molecule has 0 unspecified atom stereocenters. The predicted molar refractivity (Wildman–Crippen MR) is 101 cm³/mol. The van der Waals surface area contributed by atoms with Gasteiger partial charge < -0.3 is 33.2 Å². The summed E-state index contributed by atoms with van der Waals surface area (Å²) >= 11 is 0. The number of hydrogen-bond donors (Lipinski definition) is 0. The molecule has 0 aliphatic carbocycles. The maximum absolute atomic E-state index is 6.75. The van der Waals surface area contributed by atoms with Gasteiger partial charge in [0.1, 0.15) is 0 Å². The van der Waals surface area contributed by atoms with Crippen LogP contribution in [0, 0.1) is 0 Å². The Morgan fingerprint density at radius 1 is 0.500 bits per heavy atom. The van der Waals surface area contributed by atoms with Crippen molar-refractivity contribution < 1.29 is 22.4 Å². The number of hydrogen-bond acceptors (Lipinski definition) is 3. The third-order valence-corrected chi connectivity index (χ3v) is 2.60. The molecule has 0 atom stereocenters. The van der Waals surface area contributed by atoms with Gasteiger partial charge in [-0.25, -0.2) is 4.98 Å². The third kappa shape index (κ3) is 10.9. The zero-order chi connectivity index (χ0) is 20.3. The van der Waals surface area contributed by atoms with E-state index in [-0.39, 0.29) is 22.4 Å². The smallest absolute Gasteiger partial charge is 0.373 e. The second-order valence-electron chi connectivity index (χ2n) is 4.11. The van der Waals surface area contributed by atoms with Gasteiger partial charge in [-0.3, -0.25) is 24.7 Å². The van der Waals surface area contributed by atoms with E-state index in [0.29, 0.717) is 0 Å². The fraction of sp³-hybridized carbons (Fsp3) is 0. The van der Waals surface area contributed by atoms with Crippen LogP contribution in [0.3, 0.4) is 0 Å². The van der Waals surface area contributed by atoms with E-state index in [2.05, 4.69) is 15.0 Å². The van der Waals surface area contributed by atoms with Crippen LogP contribution in [-0.4, -0.2) is 15.0 Å². The largest absolute Gasteiger partial charge is 3.00 e. The molecule has 0 fully saturated rings. The number of pyridine rings is 3. The summed E-state index contributed by atoms with van der Waals surface area (Å²) in [6.07, 6.45) is 3.54. The minimum absolute atomic E-state index is 0. The van der Waals surface area contributed by atoms with Crippen molar-refractivity contribution in [2.45, 2.75) is 0 Å². The Hall–Kier alpha value is -3.88. The molecule has 0 saturated carbocycles. The first-order valence-electron chi connectivity index (χ1n) is 6.93. The predicted octanol–water partition coefficient (Wildman–Crippen LogP) is 5.80. The molecule has 28 heavy (non-hydrogen) atoms. The van der Waals surface area contributed by atoms with Gasteiger partial charge in [0, 0.05) is 12.4 Å². The molecule has 0 amide bonds. The van der Waals surface area contributed by atoms with Gasteiger partial charge in [0.25, 0.3) is 0 Å². The molecule has 13 heteroatoms. The summed E-state index contributed by atoms with van der Waals surface area (Å²) in [6.45, 7) is 0. The Morgan fingerprint density at radius 3 is 1.11 bits per heavy atom. The van der Waals surface area contributed by atoms with E-state index < -0.39 is 0 Å². The molecule has 0 bridgehead atoms. The maximum atomic E-state index is 6.75. The molecular formula is C15H11AuN12. The van der Waals surface area contributed by atoms with Crippen molar-refractivity contribution in [1.82, 2.24) is 15.0 Å². The summed E-state index contributed by atoms with van der Waals surface area (Å²) in [6, 6.07) is 17.5. The summed E-state index contributed by atoms with van der Waals surface area (Å²) in [5.74, 6) is 0. The summed E-state index contributed by atoms with van der Waals surface area (Å²) in [7, 11) is 0. The molecule has 3 aromatic rings. The van der Waals surface area contributed by atoms with Crippen molar-refractivity contribution in [3.8, 4) is 22.8 Å². The van der Waals surface area contributed by atoms with E-state index in [1.807, 2.05) is 54.6 Å². The molecule has 0 spiro atoms. The maximum Gasteiger partial charge on any atom is 3.00 e. The second-order valence-corrected chi connectivity index (χ2v) is 4.11. The number of aromatic nitrogens is 3. The van der Waals surface area contributed by atoms with Crippen LogP contribution in [0.5, 0.6) is 0 Å². The summed E-state index contributed by atoms with van der Waals surface area (Å²) in [5, 5.41) is 0. The Bertz CT molecular complexity index is 815. The van der Waals surface area contributed by atoms with Gasteiger partial charge in [0.05, 0.1) is 22.8 Å². The minimum atomic E-state index is 0. The van der Waals surface area contributed by atoms with E-state index in [4.69, 9.17) is 33.2 Å². The van der Waals surface area contributed by atoms with Gasteiger partial charge in [-0.1, -0.05) is 18.2 Å². The van der Waals surface area contributed by atoms with Crippen LogP contribution < -0.4 is 0 Å². The van der Waals surface area contributed by atoms with E-state index in [9.17, 15) is 0 Å². The number of nitrogens with zero attached hydrogens (tertiary/aromatic N) is 12. The van der Waals surface area contributed by atoms with Crippen molar-refractivity contribution in [1.29, 1.82) is 0 Å². The van der Waals surface area contributed by atoms with E-state index >= 15 is 0 Å². The molecule has 0 aliphatic heterocycles. The van der Waals surface area contributed by atoms with E-state index in [1.54, 1.807) is 12.4 Å². The Kier molecular flexibility index (Phi) is 16.9. The van der Waals surface area contributed by atoms with Crippen LogP contribution in [0.25, 0.3) is 70.7 Å². The van der Waals surface area contributed by atoms with E-state index in [1.165, 1.54) is 14.7 Å². The van der Waals surface area contributed by atoms with Gasteiger partial charge in [-0.15, -0.1) is 0 Å². The number of rotatable bonds is 2. The van der Waals surface area contributed by atoms with Gasteiger partial charge in [0.15, 0.2) is 0 Å². The van der Waals surface area contributed by atoms with Gasteiger partial charge in [0.2, 0.25) is 0 Å². The molecule has 0 saturated heterocycles. The molecular weight excluding hydrogens is 545 g/mol. The van der Waals surface area contributed by atoms with Crippen molar-refractivity contribution in [2.24, 2.45) is 0 Å². The van der Waals surface area contributed by atoms with Crippen molar-refractivity contribution >= 4 is 0 Å². The van der Waals surface area contributed by atoms with Gasteiger partial charge in [-0.2, -0.15) is 0 Å². The normalized spacial score (nSPS) is 7.43. The second kappa shape index (κ2) is 17.9. The van der Waals surface area contributed by atoms with Crippen molar-refractivity contribution in [2.75, 3.05) is 0 Å². The Labute approximate surface area is 175 Å². The average Bonchev–Trinajstić information content (AvgIpc) is 2.71. The van der Waals surface area contributed by atoms with Crippen LogP contribution in [0.15, 0.2) is 67.0 Å². The zero-order valence-corrected chi connectivity index (χ0v) is 16.2. The van der Waals surface area contributed by atoms with Gasteiger partial charge in [-0.05, 0) is 36.4 Å². The third-order valence-electron chi connectivity index (χ3n) is 2.60. The molecule has 0 N–H and O–H groups in total. The zero-order valence-electron chi connectivity index (χ0n) is 14.0. The van der Waals surface area contributed by atoms with Crippen LogP contribution in [0.2, 0.25) is 0 Å². The first kappa shape index (κ1) is 26.4. The molecule has 0 aromatic carbocycles. The summed E-state index contributed by atoms with van der Waals surface area (Å²) < 4.78 is 0. The van der Waals surface area contributed by atoms with Crippen LogP contribution in [-0.2, 0) is 22.4 Å². The molecule has 142 valence electrons. The molecule has 12 nitrogen and oxygen atoms in total. The minimum Gasteiger partial charge on any atom is -0.373 e. The molecule has 3 heterocycles. The van der Waals surface area contributed by atoms with Gasteiger partial charge >= 0.3 is 22.4 Å². The summed E-state index contributed by atoms with van der Waals surface area (Å²) in [5.41, 5.74) is 44.0. The Balaban J connectivity index is 0. The molecule has 3 aromatic heterocycles. The quantitative estimate of drug-likeness (QED) is 0.166. The fourth-order valence-corrected chi connectivity index (χ4v) is 1.75. The fourth-order valence-electron chi connectivity index (χ4n) is 1.75. The van der Waals surface area contributed by atoms with Crippen molar-refractivity contribution in [3.63, 3.8) is 0 Å². The van der Waals surface area contributed by atoms with Crippen molar-refractivity contribution in [3.05, 3.63) is 115 Å². The van der Waals surface area contributed by atoms with E-state index in [0.717, 1.165) is 22.8 Å². The standard InChI is InChI=1S/C15H11N3.Au.3N3/c1-3-10-16-12(6-1)14-8-5-9-15(18-14)13-7-2-4-11-17-13;;3*1-3-2/h1-11H;;;;/q;+3;3*-1. The monoisotopic (exact) mass is 556 g/mol. The van der Waals surface area contributed by atoms with Crippen LogP contribution in [0.1, 0.15) is 0 Å². The molecule has 3 rings (SSSR count). The molecule has 0 radical (unpaired) electrons.